The zero-order chi connectivity index (χ0) is 15.5. The normalized spacial score (nSPS) is 20.6. The van der Waals surface area contributed by atoms with Crippen LogP contribution < -0.4 is 5.32 Å². The highest BCUT2D eigenvalue weighted by Crippen LogP contribution is 2.26. The third-order valence-corrected chi connectivity index (χ3v) is 5.94. The van der Waals surface area contributed by atoms with Crippen LogP contribution in [0.15, 0.2) is 23.1 Å². The average Bonchev–Trinajstić information content (AvgIpc) is 2.49. The van der Waals surface area contributed by atoms with Crippen LogP contribution in [0.5, 0.6) is 0 Å². The predicted octanol–water partition coefficient (Wildman–Crippen LogP) is 1.86. The Morgan fingerprint density at radius 3 is 2.86 bits per heavy atom. The van der Waals surface area contributed by atoms with E-state index in [1.807, 2.05) is 14.0 Å². The van der Waals surface area contributed by atoms with E-state index in [-0.39, 0.29) is 10.9 Å². The van der Waals surface area contributed by atoms with E-state index in [0.29, 0.717) is 31.3 Å². The molecule has 118 valence electrons. The maximum atomic E-state index is 12.8. The van der Waals surface area contributed by atoms with Gasteiger partial charge in [-0.25, -0.2) is 8.42 Å². The van der Waals surface area contributed by atoms with Gasteiger partial charge in [-0.15, -0.1) is 0 Å². The van der Waals surface area contributed by atoms with Crippen molar-refractivity contribution in [1.82, 2.24) is 9.62 Å². The monoisotopic (exact) mass is 332 g/mol. The van der Waals surface area contributed by atoms with Crippen molar-refractivity contribution in [2.45, 2.75) is 30.8 Å². The molecule has 0 saturated carbocycles. The number of hydrogen-bond donors (Lipinski definition) is 1. The van der Waals surface area contributed by atoms with E-state index in [1.165, 1.54) is 10.4 Å². The van der Waals surface area contributed by atoms with Crippen LogP contribution in [0, 0.1) is 0 Å². The molecule has 1 unspecified atom stereocenters. The number of halogens is 1. The smallest absolute Gasteiger partial charge is 0.243 e. The minimum absolute atomic E-state index is 0.112. The second-order valence-corrected chi connectivity index (χ2v) is 7.33. The SMILES string of the molecule is CCC1COCCN1S(=O)(=O)c1ccc(CNC)c(Cl)c1. The van der Waals surface area contributed by atoms with Gasteiger partial charge in [0.05, 0.1) is 18.1 Å². The summed E-state index contributed by atoms with van der Waals surface area (Å²) >= 11 is 6.18. The van der Waals surface area contributed by atoms with Gasteiger partial charge in [0.25, 0.3) is 0 Å². The molecule has 0 bridgehead atoms. The highest BCUT2D eigenvalue weighted by molar-refractivity contribution is 7.89. The second kappa shape index (κ2) is 7.07. The molecule has 7 heteroatoms. The van der Waals surface area contributed by atoms with Crippen molar-refractivity contribution < 1.29 is 13.2 Å². The Morgan fingerprint density at radius 1 is 1.48 bits per heavy atom. The van der Waals surface area contributed by atoms with Gasteiger partial charge in [-0.3, -0.25) is 0 Å². The first kappa shape index (κ1) is 16.7. The minimum atomic E-state index is -3.53. The number of morpholine rings is 1. The maximum absolute atomic E-state index is 12.8. The molecule has 1 fully saturated rings. The Morgan fingerprint density at radius 2 is 2.24 bits per heavy atom. The van der Waals surface area contributed by atoms with Crippen molar-refractivity contribution in [1.29, 1.82) is 0 Å². The number of nitrogens with zero attached hydrogens (tertiary/aromatic N) is 1. The lowest BCUT2D eigenvalue weighted by Crippen LogP contribution is -2.48. The van der Waals surface area contributed by atoms with Crippen LogP contribution in [0.4, 0.5) is 0 Å². The summed E-state index contributed by atoms with van der Waals surface area (Å²) in [6.45, 7) is 3.83. The molecule has 1 heterocycles. The molecule has 0 aliphatic carbocycles. The maximum Gasteiger partial charge on any atom is 0.243 e. The third kappa shape index (κ3) is 3.57. The number of benzene rings is 1. The predicted molar refractivity (Wildman–Crippen MR) is 83.0 cm³/mol. The quantitative estimate of drug-likeness (QED) is 0.894. The van der Waals surface area contributed by atoms with Gasteiger partial charge in [0, 0.05) is 24.2 Å². The molecule has 1 saturated heterocycles. The van der Waals surface area contributed by atoms with Crippen LogP contribution in [-0.2, 0) is 21.3 Å². The van der Waals surface area contributed by atoms with E-state index < -0.39 is 10.0 Å². The Bertz CT molecular complexity index is 592. The van der Waals surface area contributed by atoms with Crippen molar-refractivity contribution in [3.63, 3.8) is 0 Å². The lowest BCUT2D eigenvalue weighted by molar-refractivity contribution is 0.0314. The van der Waals surface area contributed by atoms with Crippen LogP contribution in [0.3, 0.4) is 0 Å². The average molecular weight is 333 g/mol. The fraction of sp³-hybridized carbons (Fsp3) is 0.571. The molecular weight excluding hydrogens is 312 g/mol. The van der Waals surface area contributed by atoms with Crippen LogP contribution in [-0.4, -0.2) is 45.6 Å². The molecule has 0 amide bonds. The molecular formula is C14H21ClN2O3S. The summed E-state index contributed by atoms with van der Waals surface area (Å²) in [5, 5.41) is 3.47. The Hall–Kier alpha value is -0.660. The lowest BCUT2D eigenvalue weighted by atomic mass is 10.2. The largest absolute Gasteiger partial charge is 0.378 e. The van der Waals surface area contributed by atoms with Crippen molar-refractivity contribution in [3.8, 4) is 0 Å². The minimum Gasteiger partial charge on any atom is -0.378 e. The van der Waals surface area contributed by atoms with Crippen molar-refractivity contribution in [3.05, 3.63) is 28.8 Å². The van der Waals surface area contributed by atoms with Crippen LogP contribution >= 0.6 is 11.6 Å². The summed E-state index contributed by atoms with van der Waals surface area (Å²) in [5.41, 5.74) is 0.882. The van der Waals surface area contributed by atoms with Crippen LogP contribution in [0.1, 0.15) is 18.9 Å². The molecule has 1 aromatic carbocycles. The molecule has 1 aromatic rings. The van der Waals surface area contributed by atoms with Gasteiger partial charge in [-0.05, 0) is 31.2 Å². The van der Waals surface area contributed by atoms with Gasteiger partial charge in [0.1, 0.15) is 0 Å². The zero-order valence-corrected chi connectivity index (χ0v) is 13.9. The molecule has 0 aromatic heterocycles. The Kier molecular flexibility index (Phi) is 5.62. The second-order valence-electron chi connectivity index (χ2n) is 5.04. The van der Waals surface area contributed by atoms with Gasteiger partial charge in [0.15, 0.2) is 0 Å². The molecule has 1 atom stereocenters. The van der Waals surface area contributed by atoms with Gasteiger partial charge in [-0.1, -0.05) is 24.6 Å². The van der Waals surface area contributed by atoms with Gasteiger partial charge < -0.3 is 10.1 Å². The van der Waals surface area contributed by atoms with Crippen molar-refractivity contribution in [2.24, 2.45) is 0 Å². The van der Waals surface area contributed by atoms with E-state index in [2.05, 4.69) is 5.32 Å². The highest BCUT2D eigenvalue weighted by atomic mass is 35.5. The molecule has 21 heavy (non-hydrogen) atoms. The number of nitrogens with one attached hydrogen (secondary N) is 1. The lowest BCUT2D eigenvalue weighted by Gasteiger charge is -2.34. The zero-order valence-electron chi connectivity index (χ0n) is 12.3. The first-order chi connectivity index (χ1) is 10.0. The van der Waals surface area contributed by atoms with Gasteiger partial charge in [-0.2, -0.15) is 4.31 Å². The van der Waals surface area contributed by atoms with Crippen molar-refractivity contribution >= 4 is 21.6 Å². The molecule has 0 radical (unpaired) electrons. The fourth-order valence-electron chi connectivity index (χ4n) is 2.44. The van der Waals surface area contributed by atoms with E-state index >= 15 is 0 Å². The summed E-state index contributed by atoms with van der Waals surface area (Å²) in [5.74, 6) is 0. The Balaban J connectivity index is 2.32. The summed E-state index contributed by atoms with van der Waals surface area (Å²) in [4.78, 5) is 0.243. The summed E-state index contributed by atoms with van der Waals surface area (Å²) < 4.78 is 32.4. The number of hydrogen-bond acceptors (Lipinski definition) is 4. The summed E-state index contributed by atoms with van der Waals surface area (Å²) in [7, 11) is -1.71. The topological polar surface area (TPSA) is 58.6 Å². The van der Waals surface area contributed by atoms with Crippen molar-refractivity contribution in [2.75, 3.05) is 26.8 Å². The summed E-state index contributed by atoms with van der Waals surface area (Å²) in [6.07, 6.45) is 0.727. The molecule has 5 nitrogen and oxygen atoms in total. The molecule has 1 N–H and O–H groups in total. The highest BCUT2D eigenvalue weighted by Gasteiger charge is 2.33. The standard InChI is InChI=1S/C14H21ClN2O3S/c1-3-12-10-20-7-6-17(12)21(18,19)13-5-4-11(9-16-2)14(15)8-13/h4-5,8,12,16H,3,6-7,9-10H2,1-2H3. The fourth-order valence-corrected chi connectivity index (χ4v) is 4.44. The molecule has 1 aliphatic heterocycles. The number of ether oxygens (including phenoxy) is 1. The molecule has 0 spiro atoms. The first-order valence-corrected chi connectivity index (χ1v) is 8.85. The molecule has 2 rings (SSSR count). The summed E-state index contributed by atoms with van der Waals surface area (Å²) in [6, 6.07) is 4.80. The van der Waals surface area contributed by atoms with E-state index in [4.69, 9.17) is 16.3 Å². The number of rotatable bonds is 5. The van der Waals surface area contributed by atoms with E-state index in [9.17, 15) is 8.42 Å². The van der Waals surface area contributed by atoms with Gasteiger partial charge >= 0.3 is 0 Å². The van der Waals surface area contributed by atoms with Gasteiger partial charge in [0.2, 0.25) is 10.0 Å². The first-order valence-electron chi connectivity index (χ1n) is 7.03. The molecule has 1 aliphatic rings. The number of sulfonamides is 1. The van der Waals surface area contributed by atoms with Crippen LogP contribution in [0.25, 0.3) is 0 Å². The van der Waals surface area contributed by atoms with Crippen LogP contribution in [0.2, 0.25) is 5.02 Å². The van der Waals surface area contributed by atoms with E-state index in [0.717, 1.165) is 12.0 Å². The Labute approximate surface area is 131 Å². The van der Waals surface area contributed by atoms with E-state index in [1.54, 1.807) is 12.1 Å². The third-order valence-electron chi connectivity index (χ3n) is 3.64.